The molecule has 16 heavy (non-hydrogen) atoms. The van der Waals surface area contributed by atoms with Crippen molar-refractivity contribution in [3.63, 3.8) is 0 Å². The molecule has 0 saturated carbocycles. The minimum absolute atomic E-state index is 0.145. The molecule has 2 heteroatoms. The highest BCUT2D eigenvalue weighted by Gasteiger charge is 2.01. The number of rotatable bonds is 4. The number of carbonyl (C=O) groups is 1. The summed E-state index contributed by atoms with van der Waals surface area (Å²) < 4.78 is 0. The van der Waals surface area contributed by atoms with Gasteiger partial charge in [-0.15, -0.1) is 0 Å². The van der Waals surface area contributed by atoms with E-state index in [-0.39, 0.29) is 17.8 Å². The summed E-state index contributed by atoms with van der Waals surface area (Å²) in [7, 11) is 0. The van der Waals surface area contributed by atoms with Gasteiger partial charge in [0.25, 0.3) is 0 Å². The monoisotopic (exact) mass is 226 g/mol. The van der Waals surface area contributed by atoms with Crippen LogP contribution in [0.3, 0.4) is 0 Å². The highest BCUT2D eigenvalue weighted by Crippen LogP contribution is 2.00. The molecule has 94 valence electrons. The lowest BCUT2D eigenvalue weighted by Crippen LogP contribution is -2.10. The Morgan fingerprint density at radius 2 is 1.56 bits per heavy atom. The summed E-state index contributed by atoms with van der Waals surface area (Å²) >= 11 is 0. The van der Waals surface area contributed by atoms with Crippen LogP contribution in [0.1, 0.15) is 41.5 Å². The van der Waals surface area contributed by atoms with Gasteiger partial charge in [-0.05, 0) is 25.8 Å². The van der Waals surface area contributed by atoms with Crippen molar-refractivity contribution in [3.8, 4) is 0 Å². The van der Waals surface area contributed by atoms with E-state index in [0.717, 1.165) is 0 Å². The molecule has 2 nitrogen and oxygen atoms in total. The third-order valence-corrected chi connectivity index (χ3v) is 1.97. The van der Waals surface area contributed by atoms with E-state index in [0.29, 0.717) is 5.92 Å². The maximum absolute atomic E-state index is 10.7. The van der Waals surface area contributed by atoms with Gasteiger partial charge in [0, 0.05) is 5.92 Å². The van der Waals surface area contributed by atoms with Crippen LogP contribution in [0, 0.1) is 11.8 Å². The Labute approximate surface area is 100 Å². The van der Waals surface area contributed by atoms with Crippen molar-refractivity contribution in [2.45, 2.75) is 47.6 Å². The number of aliphatic hydroxyl groups excluding tert-OH is 1. The molecule has 0 saturated heterocycles. The van der Waals surface area contributed by atoms with Crippen LogP contribution in [-0.4, -0.2) is 17.0 Å². The van der Waals surface area contributed by atoms with Crippen molar-refractivity contribution in [2.24, 2.45) is 11.8 Å². The molecule has 0 fully saturated rings. The van der Waals surface area contributed by atoms with Crippen molar-refractivity contribution >= 4 is 5.78 Å². The first-order valence-corrected chi connectivity index (χ1v) is 5.84. The van der Waals surface area contributed by atoms with E-state index in [4.69, 9.17) is 5.11 Å². The number of aliphatic hydroxyl groups is 1. The summed E-state index contributed by atoms with van der Waals surface area (Å²) in [4.78, 5) is 10.7. The zero-order valence-electron chi connectivity index (χ0n) is 11.4. The lowest BCUT2D eigenvalue weighted by molar-refractivity contribution is -0.117. The molecule has 0 heterocycles. The fourth-order valence-corrected chi connectivity index (χ4v) is 0.776. The fourth-order valence-electron chi connectivity index (χ4n) is 0.776. The first kappa shape index (κ1) is 17.5. The Balaban J connectivity index is 0. The van der Waals surface area contributed by atoms with Crippen LogP contribution in [0.2, 0.25) is 0 Å². The van der Waals surface area contributed by atoms with Crippen LogP contribution in [0.15, 0.2) is 24.3 Å². The van der Waals surface area contributed by atoms with Gasteiger partial charge in [-0.25, -0.2) is 0 Å². The normalized spacial score (nSPS) is 13.3. The third kappa shape index (κ3) is 11.2. The smallest absolute Gasteiger partial charge is 0.157 e. The molecule has 0 aromatic heterocycles. The standard InChI is InChI=1S/C7H14O.C7H12O/c2*1-4-5-7(8)6(2)3/h4-8H,1-3H3;4-6H,1-3H3/t7-;/m1./s1. The minimum Gasteiger partial charge on any atom is -0.389 e. The van der Waals surface area contributed by atoms with Crippen LogP contribution < -0.4 is 0 Å². The summed E-state index contributed by atoms with van der Waals surface area (Å²) in [5.41, 5.74) is 0. The molecule has 0 aromatic rings. The Morgan fingerprint density at radius 1 is 1.06 bits per heavy atom. The predicted octanol–water partition coefficient (Wildman–Crippen LogP) is 3.37. The van der Waals surface area contributed by atoms with Gasteiger partial charge < -0.3 is 5.11 Å². The van der Waals surface area contributed by atoms with Crippen LogP contribution >= 0.6 is 0 Å². The summed E-state index contributed by atoms with van der Waals surface area (Å²) in [6.07, 6.45) is 6.77. The highest BCUT2D eigenvalue weighted by atomic mass is 16.3. The molecule has 0 unspecified atom stereocenters. The van der Waals surface area contributed by atoms with Gasteiger partial charge in [0.1, 0.15) is 0 Å². The maximum Gasteiger partial charge on any atom is 0.157 e. The van der Waals surface area contributed by atoms with E-state index < -0.39 is 0 Å². The largest absolute Gasteiger partial charge is 0.389 e. The first-order chi connectivity index (χ1) is 7.36. The van der Waals surface area contributed by atoms with E-state index in [9.17, 15) is 4.79 Å². The third-order valence-electron chi connectivity index (χ3n) is 1.97. The summed E-state index contributed by atoms with van der Waals surface area (Å²) in [6.45, 7) is 11.5. The first-order valence-electron chi connectivity index (χ1n) is 5.84. The average molecular weight is 226 g/mol. The molecule has 1 atom stereocenters. The number of carbonyl (C=O) groups excluding carboxylic acids is 1. The molecule has 1 N–H and O–H groups in total. The van der Waals surface area contributed by atoms with Crippen molar-refractivity contribution in [2.75, 3.05) is 0 Å². The molecule has 0 aliphatic heterocycles. The Kier molecular flexibility index (Phi) is 11.6. The number of hydrogen-bond acceptors (Lipinski definition) is 2. The minimum atomic E-state index is -0.264. The second-order valence-electron chi connectivity index (χ2n) is 4.32. The Morgan fingerprint density at radius 3 is 1.69 bits per heavy atom. The van der Waals surface area contributed by atoms with Crippen molar-refractivity contribution in [3.05, 3.63) is 24.3 Å². The molecular formula is C14H26O2. The van der Waals surface area contributed by atoms with E-state index in [1.165, 1.54) is 0 Å². The second kappa shape index (κ2) is 10.6. The molecule has 0 amide bonds. The molecule has 0 aliphatic carbocycles. The van der Waals surface area contributed by atoms with Crippen LogP contribution in [0.25, 0.3) is 0 Å². The van der Waals surface area contributed by atoms with Crippen molar-refractivity contribution in [1.29, 1.82) is 0 Å². The van der Waals surface area contributed by atoms with Gasteiger partial charge in [0.2, 0.25) is 0 Å². The Bertz CT molecular complexity index is 225. The predicted molar refractivity (Wildman–Crippen MR) is 70.3 cm³/mol. The average Bonchev–Trinajstić information content (AvgIpc) is 2.19. The lowest BCUT2D eigenvalue weighted by atomic mass is 10.1. The molecule has 0 spiro atoms. The van der Waals surface area contributed by atoms with Crippen molar-refractivity contribution < 1.29 is 9.90 Å². The lowest BCUT2D eigenvalue weighted by Gasteiger charge is -2.07. The molecule has 0 bridgehead atoms. The second-order valence-corrected chi connectivity index (χ2v) is 4.32. The number of hydrogen-bond donors (Lipinski definition) is 1. The molecule has 0 aliphatic rings. The SMILES string of the molecule is CC=CC(=O)C(C)C.CC=C[C@@H](O)C(C)C. The zero-order valence-corrected chi connectivity index (χ0v) is 11.4. The van der Waals surface area contributed by atoms with Gasteiger partial charge in [-0.1, -0.05) is 45.9 Å². The zero-order chi connectivity index (χ0) is 13.1. The maximum atomic E-state index is 10.7. The van der Waals surface area contributed by atoms with E-state index in [1.807, 2.05) is 47.6 Å². The summed E-state index contributed by atoms with van der Waals surface area (Å²) in [5, 5.41) is 9.04. The quantitative estimate of drug-likeness (QED) is 0.589. The van der Waals surface area contributed by atoms with E-state index >= 15 is 0 Å². The number of allylic oxidation sites excluding steroid dienone is 3. The molecular weight excluding hydrogens is 200 g/mol. The van der Waals surface area contributed by atoms with Gasteiger partial charge in [0.05, 0.1) is 6.10 Å². The number of ketones is 1. The van der Waals surface area contributed by atoms with Crippen LogP contribution in [0.5, 0.6) is 0 Å². The van der Waals surface area contributed by atoms with Crippen molar-refractivity contribution in [1.82, 2.24) is 0 Å². The topological polar surface area (TPSA) is 37.3 Å². The van der Waals surface area contributed by atoms with Crippen LogP contribution in [0.4, 0.5) is 0 Å². The van der Waals surface area contributed by atoms with Gasteiger partial charge in [-0.2, -0.15) is 0 Å². The summed E-state index contributed by atoms with van der Waals surface area (Å²) in [6, 6.07) is 0. The Hall–Kier alpha value is -0.890. The molecule has 0 radical (unpaired) electrons. The highest BCUT2D eigenvalue weighted by molar-refractivity contribution is 5.90. The van der Waals surface area contributed by atoms with Gasteiger partial charge in [0.15, 0.2) is 5.78 Å². The molecule has 0 aromatic carbocycles. The van der Waals surface area contributed by atoms with E-state index in [1.54, 1.807) is 18.2 Å². The van der Waals surface area contributed by atoms with Crippen LogP contribution in [-0.2, 0) is 4.79 Å². The fraction of sp³-hybridized carbons (Fsp3) is 0.643. The molecule has 0 rings (SSSR count). The van der Waals surface area contributed by atoms with E-state index in [2.05, 4.69) is 0 Å². The summed E-state index contributed by atoms with van der Waals surface area (Å²) in [5.74, 6) is 0.685. The van der Waals surface area contributed by atoms with Gasteiger partial charge >= 0.3 is 0 Å². The van der Waals surface area contributed by atoms with Gasteiger partial charge in [-0.3, -0.25) is 4.79 Å².